The molecule has 1 N–H and O–H groups in total. The molecule has 6 nitrogen and oxygen atoms in total. The summed E-state index contributed by atoms with van der Waals surface area (Å²) in [6.07, 6.45) is 0. The molecule has 3 amide bonds. The molecule has 1 atom stereocenters. The summed E-state index contributed by atoms with van der Waals surface area (Å²) in [6.45, 7) is 4.90. The minimum Gasteiger partial charge on any atom is -0.486 e. The molecule has 0 aromatic heterocycles. The van der Waals surface area contributed by atoms with Crippen LogP contribution in [0.5, 0.6) is 11.5 Å². The van der Waals surface area contributed by atoms with E-state index in [-0.39, 0.29) is 12.5 Å². The molecule has 2 aliphatic rings. The van der Waals surface area contributed by atoms with Crippen LogP contribution >= 0.6 is 0 Å². The van der Waals surface area contributed by atoms with Crippen LogP contribution in [0, 0.1) is 6.92 Å². The Kier molecular flexibility index (Phi) is 3.83. The van der Waals surface area contributed by atoms with Crippen LogP contribution in [0.4, 0.5) is 4.79 Å². The topological polar surface area (TPSA) is 67.9 Å². The standard InChI is InChI=1S/C20H20N2O4/c1-13-5-3-4-6-14(13)12-22-18(23)20(2,21-19(22)24)15-7-8-16-17(11-15)26-10-9-25-16/h3-8,11H,9-10,12H2,1-2H3,(H,21,24)/t20-/m1/s1. The fraction of sp³-hybridized carbons (Fsp3) is 0.300. The van der Waals surface area contributed by atoms with E-state index in [2.05, 4.69) is 5.32 Å². The minimum absolute atomic E-state index is 0.248. The van der Waals surface area contributed by atoms with Crippen molar-refractivity contribution in [1.29, 1.82) is 0 Å². The zero-order valence-electron chi connectivity index (χ0n) is 14.7. The number of imide groups is 1. The van der Waals surface area contributed by atoms with Crippen molar-refractivity contribution in [3.8, 4) is 11.5 Å². The van der Waals surface area contributed by atoms with Crippen molar-refractivity contribution in [3.05, 3.63) is 59.2 Å². The Morgan fingerprint density at radius 2 is 1.81 bits per heavy atom. The van der Waals surface area contributed by atoms with Crippen LogP contribution in [0.15, 0.2) is 42.5 Å². The van der Waals surface area contributed by atoms with Crippen LogP contribution in [0.1, 0.15) is 23.6 Å². The first-order valence-electron chi connectivity index (χ1n) is 8.58. The maximum Gasteiger partial charge on any atom is 0.325 e. The van der Waals surface area contributed by atoms with E-state index in [9.17, 15) is 9.59 Å². The van der Waals surface area contributed by atoms with E-state index in [0.717, 1.165) is 11.1 Å². The molecule has 0 unspecified atom stereocenters. The van der Waals surface area contributed by atoms with E-state index in [1.54, 1.807) is 25.1 Å². The van der Waals surface area contributed by atoms with Gasteiger partial charge in [0.25, 0.3) is 5.91 Å². The summed E-state index contributed by atoms with van der Waals surface area (Å²) in [4.78, 5) is 26.9. The van der Waals surface area contributed by atoms with Gasteiger partial charge in [-0.25, -0.2) is 4.79 Å². The molecule has 0 saturated carbocycles. The fourth-order valence-corrected chi connectivity index (χ4v) is 3.35. The summed E-state index contributed by atoms with van der Waals surface area (Å²) in [5.41, 5.74) is 1.53. The van der Waals surface area contributed by atoms with Crippen molar-refractivity contribution in [2.24, 2.45) is 0 Å². The molecule has 0 radical (unpaired) electrons. The van der Waals surface area contributed by atoms with E-state index in [4.69, 9.17) is 9.47 Å². The number of carbonyl (C=O) groups excluding carboxylic acids is 2. The van der Waals surface area contributed by atoms with E-state index in [0.29, 0.717) is 30.3 Å². The van der Waals surface area contributed by atoms with Crippen molar-refractivity contribution in [2.75, 3.05) is 13.2 Å². The summed E-state index contributed by atoms with van der Waals surface area (Å²) in [5.74, 6) is 0.967. The zero-order valence-corrected chi connectivity index (χ0v) is 14.7. The molecule has 0 spiro atoms. The van der Waals surface area contributed by atoms with Gasteiger partial charge < -0.3 is 14.8 Å². The number of rotatable bonds is 3. The van der Waals surface area contributed by atoms with Gasteiger partial charge in [-0.15, -0.1) is 0 Å². The molecule has 2 aromatic carbocycles. The maximum absolute atomic E-state index is 13.1. The lowest BCUT2D eigenvalue weighted by atomic mass is 9.91. The van der Waals surface area contributed by atoms with Gasteiger partial charge in [-0.3, -0.25) is 9.69 Å². The molecule has 2 aromatic rings. The third-order valence-electron chi connectivity index (χ3n) is 4.98. The molecular formula is C20H20N2O4. The summed E-state index contributed by atoms with van der Waals surface area (Å²) < 4.78 is 11.1. The lowest BCUT2D eigenvalue weighted by molar-refractivity contribution is -0.131. The van der Waals surface area contributed by atoms with Crippen LogP contribution in [0.25, 0.3) is 0 Å². The Bertz CT molecular complexity index is 895. The number of hydrogen-bond acceptors (Lipinski definition) is 4. The van der Waals surface area contributed by atoms with Crippen molar-refractivity contribution >= 4 is 11.9 Å². The molecule has 1 saturated heterocycles. The molecule has 4 rings (SSSR count). The van der Waals surface area contributed by atoms with Gasteiger partial charge in [0.1, 0.15) is 18.8 Å². The maximum atomic E-state index is 13.1. The lowest BCUT2D eigenvalue weighted by Crippen LogP contribution is -2.41. The number of benzene rings is 2. The molecule has 2 aliphatic heterocycles. The van der Waals surface area contributed by atoms with E-state index in [1.807, 2.05) is 31.2 Å². The molecule has 2 heterocycles. The number of amides is 3. The fourth-order valence-electron chi connectivity index (χ4n) is 3.35. The van der Waals surface area contributed by atoms with Crippen LogP contribution in [0.2, 0.25) is 0 Å². The molecule has 6 heteroatoms. The van der Waals surface area contributed by atoms with Gasteiger partial charge in [0, 0.05) is 0 Å². The van der Waals surface area contributed by atoms with Crippen molar-refractivity contribution < 1.29 is 19.1 Å². The highest BCUT2D eigenvalue weighted by Gasteiger charge is 2.49. The molecule has 1 fully saturated rings. The van der Waals surface area contributed by atoms with E-state index < -0.39 is 11.6 Å². The summed E-state index contributed by atoms with van der Waals surface area (Å²) in [6, 6.07) is 12.7. The van der Waals surface area contributed by atoms with Gasteiger partial charge >= 0.3 is 6.03 Å². The Hall–Kier alpha value is -3.02. The van der Waals surface area contributed by atoms with Crippen molar-refractivity contribution in [3.63, 3.8) is 0 Å². The van der Waals surface area contributed by atoms with Gasteiger partial charge in [0.05, 0.1) is 6.54 Å². The largest absolute Gasteiger partial charge is 0.486 e. The van der Waals surface area contributed by atoms with Gasteiger partial charge in [-0.05, 0) is 42.7 Å². The van der Waals surface area contributed by atoms with Crippen LogP contribution in [-0.4, -0.2) is 30.1 Å². The zero-order chi connectivity index (χ0) is 18.3. The summed E-state index contributed by atoms with van der Waals surface area (Å²) >= 11 is 0. The first-order valence-corrected chi connectivity index (χ1v) is 8.58. The normalized spacial score (nSPS) is 21.7. The van der Waals surface area contributed by atoms with Crippen LogP contribution < -0.4 is 14.8 Å². The number of carbonyl (C=O) groups is 2. The van der Waals surface area contributed by atoms with Crippen LogP contribution in [-0.2, 0) is 16.9 Å². The number of aryl methyl sites for hydroxylation is 1. The smallest absolute Gasteiger partial charge is 0.325 e. The Morgan fingerprint density at radius 1 is 1.08 bits per heavy atom. The lowest BCUT2D eigenvalue weighted by Gasteiger charge is -2.25. The number of nitrogens with zero attached hydrogens (tertiary/aromatic N) is 1. The third kappa shape index (κ3) is 2.58. The van der Waals surface area contributed by atoms with Crippen LogP contribution in [0.3, 0.4) is 0 Å². The van der Waals surface area contributed by atoms with E-state index >= 15 is 0 Å². The number of fused-ring (bicyclic) bond motifs is 1. The van der Waals surface area contributed by atoms with Gasteiger partial charge in [-0.2, -0.15) is 0 Å². The highest BCUT2D eigenvalue weighted by Crippen LogP contribution is 2.37. The first kappa shape index (κ1) is 16.4. The van der Waals surface area contributed by atoms with Gasteiger partial charge in [0.15, 0.2) is 11.5 Å². The quantitative estimate of drug-likeness (QED) is 0.863. The molecule has 26 heavy (non-hydrogen) atoms. The molecule has 0 aliphatic carbocycles. The second-order valence-electron chi connectivity index (χ2n) is 6.73. The SMILES string of the molecule is Cc1ccccc1CN1C(=O)N[C@](C)(c2ccc3c(c2)OCCO3)C1=O. The Morgan fingerprint density at radius 3 is 2.58 bits per heavy atom. The minimum atomic E-state index is -1.13. The second-order valence-corrected chi connectivity index (χ2v) is 6.73. The third-order valence-corrected chi connectivity index (χ3v) is 4.98. The average Bonchev–Trinajstić information content (AvgIpc) is 2.87. The van der Waals surface area contributed by atoms with Crippen molar-refractivity contribution in [2.45, 2.75) is 25.9 Å². The van der Waals surface area contributed by atoms with Gasteiger partial charge in [0.2, 0.25) is 0 Å². The Balaban J connectivity index is 1.64. The average molecular weight is 352 g/mol. The van der Waals surface area contributed by atoms with E-state index in [1.165, 1.54) is 4.90 Å². The van der Waals surface area contributed by atoms with Gasteiger partial charge in [-0.1, -0.05) is 30.3 Å². The number of ether oxygens (including phenoxy) is 2. The summed E-state index contributed by atoms with van der Waals surface area (Å²) in [7, 11) is 0. The first-order chi connectivity index (χ1) is 12.5. The molecule has 134 valence electrons. The highest BCUT2D eigenvalue weighted by atomic mass is 16.6. The predicted molar refractivity (Wildman–Crippen MR) is 95.0 cm³/mol. The number of urea groups is 1. The highest BCUT2D eigenvalue weighted by molar-refractivity contribution is 6.07. The summed E-state index contributed by atoms with van der Waals surface area (Å²) in [5, 5.41) is 2.83. The number of nitrogens with one attached hydrogen (secondary N) is 1. The monoisotopic (exact) mass is 352 g/mol. The second kappa shape index (κ2) is 6.05. The molecular weight excluding hydrogens is 332 g/mol. The predicted octanol–water partition coefficient (Wildman–Crippen LogP) is 2.73. The number of hydrogen-bond donors (Lipinski definition) is 1. The Labute approximate surface area is 151 Å². The molecule has 0 bridgehead atoms. The van der Waals surface area contributed by atoms with Crippen molar-refractivity contribution in [1.82, 2.24) is 10.2 Å².